The van der Waals surface area contributed by atoms with Crippen LogP contribution in [0.2, 0.25) is 0 Å². The Balaban J connectivity index is 2.17. The number of hydrogen-bond acceptors (Lipinski definition) is 3. The van der Waals surface area contributed by atoms with Gasteiger partial charge in [0.1, 0.15) is 6.04 Å². The molecule has 3 N–H and O–H groups in total. The van der Waals surface area contributed by atoms with Crippen molar-refractivity contribution in [3.8, 4) is 0 Å². The molecule has 0 aliphatic carbocycles. The Kier molecular flexibility index (Phi) is 6.51. The second-order valence-corrected chi connectivity index (χ2v) is 5.58. The van der Waals surface area contributed by atoms with Gasteiger partial charge >= 0.3 is 0 Å². The smallest absolute Gasteiger partial charge is 0.249 e. The number of para-hydroxylation sites is 1. The maximum absolute atomic E-state index is 12.9. The van der Waals surface area contributed by atoms with Gasteiger partial charge in [0.2, 0.25) is 11.8 Å². The maximum atomic E-state index is 12.9. The van der Waals surface area contributed by atoms with E-state index in [2.05, 4.69) is 5.32 Å². The van der Waals surface area contributed by atoms with Crippen LogP contribution in [0.1, 0.15) is 12.0 Å². The van der Waals surface area contributed by atoms with Gasteiger partial charge in [-0.15, -0.1) is 0 Å². The maximum Gasteiger partial charge on any atom is 0.249 e. The third-order valence-corrected chi connectivity index (χ3v) is 3.76. The molecule has 2 aromatic carbocycles. The van der Waals surface area contributed by atoms with Crippen LogP contribution in [0.25, 0.3) is 0 Å². The molecule has 5 heteroatoms. The van der Waals surface area contributed by atoms with Crippen molar-refractivity contribution in [1.29, 1.82) is 0 Å². The standard InChI is InChI=1S/C19H23N3O2/c1-22(16-10-6-3-7-11-16)19(24)17(21-18(23)12-13-20)14-15-8-4-2-5-9-15/h2-11,17H,12-14,20H2,1H3,(H,21,23)/t17-/m0/s1. The number of carbonyl (C=O) groups is 2. The fraction of sp³-hybridized carbons (Fsp3) is 0.263. The zero-order valence-electron chi connectivity index (χ0n) is 13.8. The number of anilines is 1. The molecule has 0 aliphatic heterocycles. The zero-order valence-corrected chi connectivity index (χ0v) is 13.8. The van der Waals surface area contributed by atoms with Crippen molar-refractivity contribution >= 4 is 17.5 Å². The first-order valence-corrected chi connectivity index (χ1v) is 7.97. The highest BCUT2D eigenvalue weighted by atomic mass is 16.2. The van der Waals surface area contributed by atoms with E-state index in [0.29, 0.717) is 6.42 Å². The van der Waals surface area contributed by atoms with E-state index in [-0.39, 0.29) is 24.8 Å². The molecule has 2 rings (SSSR count). The lowest BCUT2D eigenvalue weighted by Gasteiger charge is -2.25. The monoisotopic (exact) mass is 325 g/mol. The third kappa shape index (κ3) is 4.93. The van der Waals surface area contributed by atoms with Crippen LogP contribution in [0.5, 0.6) is 0 Å². The van der Waals surface area contributed by atoms with E-state index in [1.807, 2.05) is 60.7 Å². The second kappa shape index (κ2) is 8.84. The van der Waals surface area contributed by atoms with Crippen molar-refractivity contribution < 1.29 is 9.59 Å². The third-order valence-electron chi connectivity index (χ3n) is 3.76. The molecule has 0 saturated heterocycles. The summed E-state index contributed by atoms with van der Waals surface area (Å²) in [5.41, 5.74) is 7.21. The summed E-state index contributed by atoms with van der Waals surface area (Å²) >= 11 is 0. The van der Waals surface area contributed by atoms with Gasteiger partial charge in [0, 0.05) is 32.1 Å². The summed E-state index contributed by atoms with van der Waals surface area (Å²) in [6.45, 7) is 0.257. The average Bonchev–Trinajstić information content (AvgIpc) is 2.62. The van der Waals surface area contributed by atoms with Crippen molar-refractivity contribution in [1.82, 2.24) is 5.32 Å². The summed E-state index contributed by atoms with van der Waals surface area (Å²) in [7, 11) is 1.71. The summed E-state index contributed by atoms with van der Waals surface area (Å²) in [4.78, 5) is 26.4. The number of likely N-dealkylation sites (N-methyl/N-ethyl adjacent to an activating group) is 1. The number of amides is 2. The summed E-state index contributed by atoms with van der Waals surface area (Å²) in [5, 5.41) is 2.81. The van der Waals surface area contributed by atoms with E-state index in [1.54, 1.807) is 11.9 Å². The van der Waals surface area contributed by atoms with Crippen LogP contribution in [0.4, 0.5) is 5.69 Å². The fourth-order valence-electron chi connectivity index (χ4n) is 2.46. The molecule has 126 valence electrons. The molecule has 1 atom stereocenters. The first-order chi connectivity index (χ1) is 11.6. The zero-order chi connectivity index (χ0) is 17.4. The lowest BCUT2D eigenvalue weighted by atomic mass is 10.0. The molecule has 0 saturated carbocycles. The average molecular weight is 325 g/mol. The summed E-state index contributed by atoms with van der Waals surface area (Å²) in [5.74, 6) is -0.372. The first kappa shape index (κ1) is 17.7. The fourth-order valence-corrected chi connectivity index (χ4v) is 2.46. The van der Waals surface area contributed by atoms with E-state index in [0.717, 1.165) is 11.3 Å². The molecule has 5 nitrogen and oxygen atoms in total. The highest BCUT2D eigenvalue weighted by Gasteiger charge is 2.24. The summed E-state index contributed by atoms with van der Waals surface area (Å²) in [6, 6.07) is 18.4. The van der Waals surface area contributed by atoms with Crippen LogP contribution < -0.4 is 16.0 Å². The predicted molar refractivity (Wildman–Crippen MR) is 95.6 cm³/mol. The molecule has 0 unspecified atom stereocenters. The molecule has 0 aliphatic rings. The molecule has 2 amide bonds. The Labute approximate surface area is 142 Å². The number of hydrogen-bond donors (Lipinski definition) is 2. The van der Waals surface area contributed by atoms with Crippen molar-refractivity contribution in [3.63, 3.8) is 0 Å². The van der Waals surface area contributed by atoms with Gasteiger partial charge in [0.25, 0.3) is 0 Å². The number of carbonyl (C=O) groups excluding carboxylic acids is 2. The highest BCUT2D eigenvalue weighted by molar-refractivity contribution is 5.99. The van der Waals surface area contributed by atoms with Crippen LogP contribution >= 0.6 is 0 Å². The molecule has 0 fully saturated rings. The van der Waals surface area contributed by atoms with Crippen LogP contribution in [0.15, 0.2) is 60.7 Å². The molecular formula is C19H23N3O2. The summed E-state index contributed by atoms with van der Waals surface area (Å²) in [6.07, 6.45) is 0.640. The Morgan fingerprint density at radius 3 is 2.21 bits per heavy atom. The second-order valence-electron chi connectivity index (χ2n) is 5.58. The molecule has 0 bridgehead atoms. The van der Waals surface area contributed by atoms with E-state index in [1.165, 1.54) is 0 Å². The molecule has 0 aromatic heterocycles. The molecule has 2 aromatic rings. The van der Waals surface area contributed by atoms with Crippen molar-refractivity contribution in [3.05, 3.63) is 66.2 Å². The predicted octanol–water partition coefficient (Wildman–Crippen LogP) is 1.73. The Morgan fingerprint density at radius 2 is 1.62 bits per heavy atom. The normalized spacial score (nSPS) is 11.6. The largest absolute Gasteiger partial charge is 0.344 e. The van der Waals surface area contributed by atoms with Crippen molar-refractivity contribution in [2.45, 2.75) is 18.9 Å². The lowest BCUT2D eigenvalue weighted by molar-refractivity contribution is -0.127. The van der Waals surface area contributed by atoms with Crippen LogP contribution in [0, 0.1) is 0 Å². The number of nitrogens with two attached hydrogens (primary N) is 1. The minimum atomic E-state index is -0.628. The SMILES string of the molecule is CN(C(=O)[C@H](Cc1ccccc1)NC(=O)CCN)c1ccccc1. The molecular weight excluding hydrogens is 302 g/mol. The topological polar surface area (TPSA) is 75.4 Å². The Morgan fingerprint density at radius 1 is 1.04 bits per heavy atom. The minimum absolute atomic E-state index is 0.157. The van der Waals surface area contributed by atoms with Crippen LogP contribution in [-0.4, -0.2) is 31.4 Å². The van der Waals surface area contributed by atoms with Crippen molar-refractivity contribution in [2.24, 2.45) is 5.73 Å². The van der Waals surface area contributed by atoms with Gasteiger partial charge in [-0.2, -0.15) is 0 Å². The first-order valence-electron chi connectivity index (χ1n) is 7.97. The number of nitrogens with zero attached hydrogens (tertiary/aromatic N) is 1. The number of nitrogens with one attached hydrogen (secondary N) is 1. The van der Waals surface area contributed by atoms with E-state index in [9.17, 15) is 9.59 Å². The van der Waals surface area contributed by atoms with E-state index < -0.39 is 6.04 Å². The molecule has 0 heterocycles. The quantitative estimate of drug-likeness (QED) is 0.814. The molecule has 0 radical (unpaired) electrons. The van der Waals surface area contributed by atoms with Gasteiger partial charge in [-0.3, -0.25) is 9.59 Å². The number of rotatable bonds is 7. The lowest BCUT2D eigenvalue weighted by Crippen LogP contribution is -2.49. The van der Waals surface area contributed by atoms with E-state index in [4.69, 9.17) is 5.73 Å². The summed E-state index contributed by atoms with van der Waals surface area (Å²) < 4.78 is 0. The van der Waals surface area contributed by atoms with Gasteiger partial charge < -0.3 is 16.0 Å². The highest BCUT2D eigenvalue weighted by Crippen LogP contribution is 2.14. The van der Waals surface area contributed by atoms with Gasteiger partial charge in [-0.25, -0.2) is 0 Å². The Hall–Kier alpha value is -2.66. The van der Waals surface area contributed by atoms with Crippen LogP contribution in [-0.2, 0) is 16.0 Å². The van der Waals surface area contributed by atoms with Gasteiger partial charge in [0.05, 0.1) is 0 Å². The molecule has 24 heavy (non-hydrogen) atoms. The van der Waals surface area contributed by atoms with E-state index >= 15 is 0 Å². The van der Waals surface area contributed by atoms with Gasteiger partial charge in [-0.05, 0) is 17.7 Å². The van der Waals surface area contributed by atoms with Crippen LogP contribution in [0.3, 0.4) is 0 Å². The van der Waals surface area contributed by atoms with Gasteiger partial charge in [-0.1, -0.05) is 48.5 Å². The molecule has 0 spiro atoms. The van der Waals surface area contributed by atoms with Crippen molar-refractivity contribution in [2.75, 3.05) is 18.5 Å². The number of benzene rings is 2. The van der Waals surface area contributed by atoms with Gasteiger partial charge in [0.15, 0.2) is 0 Å². The minimum Gasteiger partial charge on any atom is -0.344 e. The Bertz CT molecular complexity index is 659.